The average molecular weight is 394 g/mol. The number of hydrogen-bond donors (Lipinski definition) is 0. The Morgan fingerprint density at radius 1 is 1.27 bits per heavy atom. The van der Waals surface area contributed by atoms with Gasteiger partial charge in [-0.3, -0.25) is 9.20 Å². The van der Waals surface area contributed by atoms with Crippen molar-refractivity contribution in [1.29, 1.82) is 0 Å². The number of aromatic nitrogens is 2. The molecule has 0 N–H and O–H groups in total. The molecule has 2 rings (SSSR count). The number of ether oxygens (including phenoxy) is 2. The highest BCUT2D eigenvalue weighted by atomic mass is 35.5. The highest BCUT2D eigenvalue weighted by molar-refractivity contribution is 6.33. The number of carbonyl (C=O) groups is 1. The molecule has 144 valence electrons. The Bertz CT molecular complexity index is 784. The van der Waals surface area contributed by atoms with Crippen LogP contribution in [0.3, 0.4) is 0 Å². The second-order valence-corrected chi connectivity index (χ2v) is 6.00. The van der Waals surface area contributed by atoms with Gasteiger partial charge in [-0.1, -0.05) is 11.6 Å². The van der Waals surface area contributed by atoms with Crippen LogP contribution in [0, 0.1) is 6.92 Å². The number of amides is 1. The summed E-state index contributed by atoms with van der Waals surface area (Å²) in [6.45, 7) is 2.63. The van der Waals surface area contributed by atoms with E-state index in [0.29, 0.717) is 0 Å². The zero-order valence-corrected chi connectivity index (χ0v) is 15.3. The smallest absolute Gasteiger partial charge is 0.383 e. The van der Waals surface area contributed by atoms with E-state index in [0.717, 1.165) is 16.7 Å². The number of pyridine rings is 1. The molecule has 10 heteroatoms. The number of imidazole rings is 1. The summed E-state index contributed by atoms with van der Waals surface area (Å²) in [4.78, 5) is 18.6. The highest BCUT2D eigenvalue weighted by Crippen LogP contribution is 2.33. The van der Waals surface area contributed by atoms with Crippen LogP contribution >= 0.6 is 11.6 Å². The number of rotatable bonds is 7. The second-order valence-electron chi connectivity index (χ2n) is 5.59. The molecule has 0 aliphatic heterocycles. The fourth-order valence-corrected chi connectivity index (χ4v) is 2.75. The lowest BCUT2D eigenvalue weighted by Crippen LogP contribution is -2.37. The average Bonchev–Trinajstić information content (AvgIpc) is 2.90. The lowest BCUT2D eigenvalue weighted by molar-refractivity contribution is -0.137. The van der Waals surface area contributed by atoms with Gasteiger partial charge in [-0.25, -0.2) is 4.98 Å². The van der Waals surface area contributed by atoms with Crippen molar-refractivity contribution in [2.75, 3.05) is 40.5 Å². The number of aryl methyl sites for hydroxylation is 1. The number of alkyl halides is 3. The lowest BCUT2D eigenvalue weighted by atomic mass is 10.2. The molecule has 0 aliphatic carbocycles. The highest BCUT2D eigenvalue weighted by Gasteiger charge is 2.33. The molecule has 0 unspecified atom stereocenters. The van der Waals surface area contributed by atoms with Gasteiger partial charge in [0.15, 0.2) is 5.65 Å². The maximum absolute atomic E-state index is 13.1. The molecule has 0 bridgehead atoms. The topological polar surface area (TPSA) is 56.1 Å². The van der Waals surface area contributed by atoms with Crippen molar-refractivity contribution >= 4 is 23.2 Å². The Hall–Kier alpha value is -1.84. The summed E-state index contributed by atoms with van der Waals surface area (Å²) in [6, 6.07) is 0.797. The fraction of sp³-hybridized carbons (Fsp3) is 0.500. The summed E-state index contributed by atoms with van der Waals surface area (Å²) in [5.41, 5.74) is -0.544. The molecule has 0 spiro atoms. The molecule has 0 saturated carbocycles. The number of halogens is 4. The lowest BCUT2D eigenvalue weighted by Gasteiger charge is -2.22. The first-order valence-electron chi connectivity index (χ1n) is 7.73. The number of fused-ring (bicyclic) bond motifs is 1. The van der Waals surface area contributed by atoms with Crippen LogP contribution in [0.2, 0.25) is 5.02 Å². The zero-order valence-electron chi connectivity index (χ0n) is 14.6. The Balaban J connectivity index is 2.53. The largest absolute Gasteiger partial charge is 0.417 e. The molecule has 2 aromatic rings. The zero-order chi connectivity index (χ0) is 19.5. The SMILES string of the molecule is COCCN(CCOC)C(=O)c1c(C)nc2c(Cl)cc(C(F)(F)F)cn12. The Morgan fingerprint density at radius 3 is 2.35 bits per heavy atom. The molecule has 0 fully saturated rings. The number of methoxy groups -OCH3 is 2. The summed E-state index contributed by atoms with van der Waals surface area (Å²) in [6.07, 6.45) is -3.76. The van der Waals surface area contributed by atoms with Gasteiger partial charge in [0.2, 0.25) is 0 Å². The third kappa shape index (κ3) is 4.28. The van der Waals surface area contributed by atoms with Gasteiger partial charge in [-0.2, -0.15) is 13.2 Å². The normalized spacial score (nSPS) is 12.0. The van der Waals surface area contributed by atoms with Crippen LogP contribution in [0.1, 0.15) is 21.7 Å². The van der Waals surface area contributed by atoms with Crippen molar-refractivity contribution in [3.8, 4) is 0 Å². The summed E-state index contributed by atoms with van der Waals surface area (Å²) >= 11 is 5.96. The molecule has 1 amide bonds. The van der Waals surface area contributed by atoms with E-state index in [4.69, 9.17) is 21.1 Å². The minimum atomic E-state index is -4.60. The molecule has 2 aromatic heterocycles. The first kappa shape index (κ1) is 20.5. The van der Waals surface area contributed by atoms with Crippen molar-refractivity contribution in [2.24, 2.45) is 0 Å². The number of carbonyl (C=O) groups excluding carboxylic acids is 1. The number of hydrogen-bond acceptors (Lipinski definition) is 4. The van der Waals surface area contributed by atoms with E-state index in [2.05, 4.69) is 4.98 Å². The first-order valence-corrected chi connectivity index (χ1v) is 8.11. The monoisotopic (exact) mass is 393 g/mol. The molecule has 0 aromatic carbocycles. The van der Waals surface area contributed by atoms with Crippen molar-refractivity contribution < 1.29 is 27.4 Å². The molecule has 2 heterocycles. The first-order chi connectivity index (χ1) is 12.2. The summed E-state index contributed by atoms with van der Waals surface area (Å²) < 4.78 is 50.4. The second kappa shape index (κ2) is 8.24. The molecular weight excluding hydrogens is 375 g/mol. The minimum absolute atomic E-state index is 0.0280. The van der Waals surface area contributed by atoms with Gasteiger partial charge in [-0.15, -0.1) is 0 Å². The van der Waals surface area contributed by atoms with Crippen LogP contribution in [0.5, 0.6) is 0 Å². The summed E-state index contributed by atoms with van der Waals surface area (Å²) in [5, 5.41) is -0.178. The van der Waals surface area contributed by atoms with Crippen molar-refractivity contribution in [1.82, 2.24) is 14.3 Å². The van der Waals surface area contributed by atoms with Gasteiger partial charge in [0.05, 0.1) is 29.5 Å². The van der Waals surface area contributed by atoms with Crippen molar-refractivity contribution in [2.45, 2.75) is 13.1 Å². The Labute approximate surface area is 153 Å². The van der Waals surface area contributed by atoms with Gasteiger partial charge in [0, 0.05) is 33.5 Å². The van der Waals surface area contributed by atoms with Crippen LogP contribution in [-0.4, -0.2) is 60.7 Å². The third-order valence-electron chi connectivity index (χ3n) is 3.80. The Morgan fingerprint density at radius 2 is 1.85 bits per heavy atom. The van der Waals surface area contributed by atoms with E-state index < -0.39 is 17.6 Å². The minimum Gasteiger partial charge on any atom is -0.383 e. The van der Waals surface area contributed by atoms with Crippen LogP contribution in [-0.2, 0) is 15.7 Å². The maximum Gasteiger partial charge on any atom is 0.417 e. The van der Waals surface area contributed by atoms with Crippen LogP contribution in [0.25, 0.3) is 5.65 Å². The Kier molecular flexibility index (Phi) is 6.48. The summed E-state index contributed by atoms with van der Waals surface area (Å²) in [7, 11) is 2.99. The van der Waals surface area contributed by atoms with E-state index in [1.165, 1.54) is 19.1 Å². The van der Waals surface area contributed by atoms with Crippen molar-refractivity contribution in [3.63, 3.8) is 0 Å². The van der Waals surface area contributed by atoms with Gasteiger partial charge in [0.1, 0.15) is 5.69 Å². The van der Waals surface area contributed by atoms with Gasteiger partial charge in [-0.05, 0) is 13.0 Å². The molecule has 0 atom stereocenters. The van der Waals surface area contributed by atoms with Crippen LogP contribution < -0.4 is 0 Å². The molecule has 26 heavy (non-hydrogen) atoms. The third-order valence-corrected chi connectivity index (χ3v) is 4.08. The van der Waals surface area contributed by atoms with Crippen LogP contribution in [0.15, 0.2) is 12.3 Å². The van der Waals surface area contributed by atoms with E-state index in [9.17, 15) is 18.0 Å². The molecule has 0 saturated heterocycles. The van der Waals surface area contributed by atoms with E-state index >= 15 is 0 Å². The van der Waals surface area contributed by atoms with E-state index in [-0.39, 0.29) is 48.4 Å². The predicted molar refractivity (Wildman–Crippen MR) is 89.6 cm³/mol. The standard InChI is InChI=1S/C16H19ClF3N3O3/c1-10-13(15(24)22(4-6-25-2)5-7-26-3)23-9-11(16(18,19)20)8-12(17)14(23)21-10/h8-9H,4-7H2,1-3H3. The molecule has 0 radical (unpaired) electrons. The molecular formula is C16H19ClF3N3O3. The predicted octanol–water partition coefficient (Wildman–Crippen LogP) is 3.05. The fourth-order valence-electron chi connectivity index (χ4n) is 2.50. The molecule has 0 aliphatic rings. The quantitative estimate of drug-likeness (QED) is 0.725. The van der Waals surface area contributed by atoms with E-state index in [1.54, 1.807) is 6.92 Å². The van der Waals surface area contributed by atoms with Gasteiger partial charge < -0.3 is 14.4 Å². The van der Waals surface area contributed by atoms with E-state index in [1.807, 2.05) is 0 Å². The van der Waals surface area contributed by atoms with Crippen molar-refractivity contribution in [3.05, 3.63) is 34.2 Å². The van der Waals surface area contributed by atoms with Gasteiger partial charge in [0.25, 0.3) is 5.91 Å². The molecule has 6 nitrogen and oxygen atoms in total. The van der Waals surface area contributed by atoms with Crippen LogP contribution in [0.4, 0.5) is 13.2 Å². The number of nitrogens with zero attached hydrogens (tertiary/aromatic N) is 3. The van der Waals surface area contributed by atoms with Gasteiger partial charge >= 0.3 is 6.18 Å². The summed E-state index contributed by atoms with van der Waals surface area (Å²) in [5.74, 6) is -0.473. The maximum atomic E-state index is 13.1.